The van der Waals surface area contributed by atoms with Crippen LogP contribution < -0.4 is 0 Å². The molecule has 1 aliphatic heterocycles. The molecule has 0 atom stereocenters. The summed E-state index contributed by atoms with van der Waals surface area (Å²) in [5.74, 6) is -0.366. The number of hydrogen-bond acceptors (Lipinski definition) is 2. The highest BCUT2D eigenvalue weighted by Gasteiger charge is 2.33. The van der Waals surface area contributed by atoms with E-state index in [2.05, 4.69) is 9.98 Å². The van der Waals surface area contributed by atoms with Crippen LogP contribution in [-0.2, 0) is 0 Å². The van der Waals surface area contributed by atoms with E-state index in [1.54, 1.807) is 0 Å². The van der Waals surface area contributed by atoms with E-state index in [0.717, 1.165) is 21.9 Å². The zero-order valence-electron chi connectivity index (χ0n) is 13.7. The van der Waals surface area contributed by atoms with E-state index in [-0.39, 0.29) is 11.8 Å². The number of benzene rings is 3. The molecule has 2 N–H and O–H groups in total. The van der Waals surface area contributed by atoms with Crippen molar-refractivity contribution < 1.29 is 9.90 Å². The van der Waals surface area contributed by atoms with Crippen LogP contribution in [0.15, 0.2) is 77.8 Å². The van der Waals surface area contributed by atoms with Gasteiger partial charge in [0.15, 0.2) is 5.88 Å². The molecule has 1 aliphatic rings. The SMILES string of the molecule is O=C1N=C(c2ccccc2)c2c(O)[nH]c(-c3ccc4ccccc4c3)c21. The molecule has 0 saturated heterocycles. The molecule has 0 fully saturated rings. The number of nitrogens with one attached hydrogen (secondary N) is 1. The maximum atomic E-state index is 12.6. The van der Waals surface area contributed by atoms with Crippen LogP contribution in [0.25, 0.3) is 22.0 Å². The van der Waals surface area contributed by atoms with Crippen molar-refractivity contribution in [2.45, 2.75) is 0 Å². The molecule has 1 aromatic heterocycles. The monoisotopic (exact) mass is 338 g/mol. The minimum Gasteiger partial charge on any atom is -0.494 e. The fourth-order valence-electron chi connectivity index (χ4n) is 3.51. The highest BCUT2D eigenvalue weighted by atomic mass is 16.3. The second kappa shape index (κ2) is 5.43. The van der Waals surface area contributed by atoms with Crippen molar-refractivity contribution in [2.75, 3.05) is 0 Å². The van der Waals surface area contributed by atoms with Crippen LogP contribution in [0.2, 0.25) is 0 Å². The number of carbonyl (C=O) groups excluding carboxylic acids is 1. The molecule has 4 heteroatoms. The molecule has 3 aromatic carbocycles. The number of hydrogen-bond donors (Lipinski definition) is 2. The van der Waals surface area contributed by atoms with Gasteiger partial charge < -0.3 is 10.1 Å². The number of amides is 1. The Morgan fingerprint density at radius 2 is 1.50 bits per heavy atom. The van der Waals surface area contributed by atoms with E-state index in [4.69, 9.17) is 0 Å². The standard InChI is InChI=1S/C22H14N2O2/c25-21-17-18(22(26)23-19(17)14-7-2-1-3-8-14)20(24-21)16-11-10-13-6-4-5-9-15(13)12-16/h1-12,24-25H. The maximum absolute atomic E-state index is 12.6. The zero-order chi connectivity index (χ0) is 17.7. The second-order valence-electron chi connectivity index (χ2n) is 6.29. The fourth-order valence-corrected chi connectivity index (χ4v) is 3.51. The lowest BCUT2D eigenvalue weighted by molar-refractivity contribution is 0.101. The van der Waals surface area contributed by atoms with E-state index in [9.17, 15) is 9.90 Å². The Balaban J connectivity index is 1.70. The largest absolute Gasteiger partial charge is 0.494 e. The van der Waals surface area contributed by atoms with Gasteiger partial charge in [-0.3, -0.25) is 4.79 Å². The highest BCUT2D eigenvalue weighted by molar-refractivity contribution is 6.30. The van der Waals surface area contributed by atoms with Gasteiger partial charge in [-0.15, -0.1) is 0 Å². The average molecular weight is 338 g/mol. The van der Waals surface area contributed by atoms with Crippen LogP contribution in [-0.4, -0.2) is 21.7 Å². The minimum atomic E-state index is -0.335. The molecular formula is C22H14N2O2. The molecule has 0 spiro atoms. The first-order valence-electron chi connectivity index (χ1n) is 8.35. The van der Waals surface area contributed by atoms with Gasteiger partial charge in [-0.25, -0.2) is 4.99 Å². The van der Waals surface area contributed by atoms with E-state index < -0.39 is 0 Å². The molecule has 0 saturated carbocycles. The number of aromatic hydroxyl groups is 1. The lowest BCUT2D eigenvalue weighted by atomic mass is 9.99. The second-order valence-corrected chi connectivity index (χ2v) is 6.29. The van der Waals surface area contributed by atoms with Gasteiger partial charge in [-0.1, -0.05) is 66.7 Å². The maximum Gasteiger partial charge on any atom is 0.280 e. The van der Waals surface area contributed by atoms with Crippen molar-refractivity contribution in [2.24, 2.45) is 4.99 Å². The number of aromatic nitrogens is 1. The Labute approximate surface area is 149 Å². The van der Waals surface area contributed by atoms with Crippen LogP contribution in [0.1, 0.15) is 21.5 Å². The molecule has 0 unspecified atom stereocenters. The molecule has 0 aliphatic carbocycles. The van der Waals surface area contributed by atoms with Crippen molar-refractivity contribution in [3.63, 3.8) is 0 Å². The van der Waals surface area contributed by atoms with Crippen LogP contribution in [0.3, 0.4) is 0 Å². The van der Waals surface area contributed by atoms with Gasteiger partial charge in [-0.05, 0) is 22.4 Å². The normalized spacial score (nSPS) is 13.1. The van der Waals surface area contributed by atoms with Crippen molar-refractivity contribution in [3.05, 3.63) is 89.5 Å². The highest BCUT2D eigenvalue weighted by Crippen LogP contribution is 2.38. The first kappa shape index (κ1) is 14.7. The van der Waals surface area contributed by atoms with E-state index in [1.807, 2.05) is 72.8 Å². The first-order valence-corrected chi connectivity index (χ1v) is 8.35. The Kier molecular flexibility index (Phi) is 3.06. The zero-order valence-corrected chi connectivity index (χ0v) is 13.7. The number of nitrogens with zero attached hydrogens (tertiary/aromatic N) is 1. The van der Waals surface area contributed by atoms with Gasteiger partial charge in [-0.2, -0.15) is 0 Å². The lowest BCUT2D eigenvalue weighted by Crippen LogP contribution is -1.99. The topological polar surface area (TPSA) is 65.4 Å². The van der Waals surface area contributed by atoms with Crippen molar-refractivity contribution in [1.82, 2.24) is 4.98 Å². The number of rotatable bonds is 2. The first-order chi connectivity index (χ1) is 12.7. The summed E-state index contributed by atoms with van der Waals surface area (Å²) in [6.45, 7) is 0. The summed E-state index contributed by atoms with van der Waals surface area (Å²) in [7, 11) is 0. The third kappa shape index (κ3) is 2.09. The minimum absolute atomic E-state index is 0.0309. The third-order valence-electron chi connectivity index (χ3n) is 4.73. The smallest absolute Gasteiger partial charge is 0.280 e. The van der Waals surface area contributed by atoms with Gasteiger partial charge in [0.1, 0.15) is 0 Å². The van der Waals surface area contributed by atoms with E-state index in [0.29, 0.717) is 22.5 Å². The number of fused-ring (bicyclic) bond motifs is 2. The molecule has 4 nitrogen and oxygen atoms in total. The Bertz CT molecular complexity index is 1200. The summed E-state index contributed by atoms with van der Waals surface area (Å²) in [6.07, 6.45) is 0. The number of aromatic amines is 1. The molecule has 26 heavy (non-hydrogen) atoms. The van der Waals surface area contributed by atoms with Gasteiger partial charge >= 0.3 is 0 Å². The molecule has 2 heterocycles. The average Bonchev–Trinajstić information content (AvgIpc) is 3.21. The van der Waals surface area contributed by atoms with Crippen LogP contribution >= 0.6 is 0 Å². The summed E-state index contributed by atoms with van der Waals surface area (Å²) in [5, 5.41) is 12.7. The van der Waals surface area contributed by atoms with Crippen molar-refractivity contribution in [3.8, 4) is 17.1 Å². The molecule has 0 bridgehead atoms. The molecular weight excluding hydrogens is 324 g/mol. The predicted octanol–water partition coefficient (Wildman–Crippen LogP) is 4.53. The van der Waals surface area contributed by atoms with E-state index >= 15 is 0 Å². The molecule has 1 amide bonds. The van der Waals surface area contributed by atoms with Crippen LogP contribution in [0, 0.1) is 0 Å². The van der Waals surface area contributed by atoms with Gasteiger partial charge in [0.05, 0.1) is 22.5 Å². The van der Waals surface area contributed by atoms with Crippen molar-refractivity contribution in [1.29, 1.82) is 0 Å². The molecule has 4 aromatic rings. The fraction of sp³-hybridized carbons (Fsp3) is 0. The molecule has 124 valence electrons. The van der Waals surface area contributed by atoms with Gasteiger partial charge in [0.25, 0.3) is 5.91 Å². The van der Waals surface area contributed by atoms with Gasteiger partial charge in [0.2, 0.25) is 0 Å². The number of H-pyrrole nitrogens is 1. The summed E-state index contributed by atoms with van der Waals surface area (Å²) in [6, 6.07) is 23.4. The summed E-state index contributed by atoms with van der Waals surface area (Å²) < 4.78 is 0. The number of aliphatic imine (C=N–C) groups is 1. The van der Waals surface area contributed by atoms with Crippen LogP contribution in [0.4, 0.5) is 0 Å². The Hall–Kier alpha value is -3.66. The van der Waals surface area contributed by atoms with Gasteiger partial charge in [0, 0.05) is 5.56 Å². The third-order valence-corrected chi connectivity index (χ3v) is 4.73. The predicted molar refractivity (Wildman–Crippen MR) is 102 cm³/mol. The number of carbonyl (C=O) groups is 1. The quantitative estimate of drug-likeness (QED) is 0.564. The van der Waals surface area contributed by atoms with E-state index in [1.165, 1.54) is 0 Å². The summed E-state index contributed by atoms with van der Waals surface area (Å²) in [5.41, 5.74) is 3.66. The molecule has 5 rings (SSSR count). The van der Waals surface area contributed by atoms with Crippen molar-refractivity contribution >= 4 is 22.4 Å². The lowest BCUT2D eigenvalue weighted by Gasteiger charge is -2.03. The Morgan fingerprint density at radius 1 is 0.769 bits per heavy atom. The molecule has 0 radical (unpaired) electrons. The summed E-state index contributed by atoms with van der Waals surface area (Å²) >= 11 is 0. The Morgan fingerprint density at radius 3 is 2.31 bits per heavy atom. The summed E-state index contributed by atoms with van der Waals surface area (Å²) in [4.78, 5) is 19.8. The van der Waals surface area contributed by atoms with Crippen LogP contribution in [0.5, 0.6) is 5.88 Å².